The zero-order chi connectivity index (χ0) is 10.3. The van der Waals surface area contributed by atoms with Crippen molar-refractivity contribution in [1.82, 2.24) is 0 Å². The first-order valence-electron chi connectivity index (χ1n) is 3.87. The molecule has 80 valence electrons. The summed E-state index contributed by atoms with van der Waals surface area (Å²) in [6, 6.07) is 0. The van der Waals surface area contributed by atoms with E-state index in [1.54, 1.807) is 0 Å². The molecule has 0 rings (SSSR count). The summed E-state index contributed by atoms with van der Waals surface area (Å²) in [6.45, 7) is 1.00. The molecule has 0 aliphatic rings. The summed E-state index contributed by atoms with van der Waals surface area (Å²) in [5, 5.41) is 0. The zero-order valence-electron chi connectivity index (χ0n) is 8.02. The fourth-order valence-corrected chi connectivity index (χ4v) is 2.12. The predicted molar refractivity (Wildman–Crippen MR) is 39.6 cm³/mol. The van der Waals surface area contributed by atoms with Crippen molar-refractivity contribution in [3.63, 3.8) is 0 Å². The van der Waals surface area contributed by atoms with E-state index in [1.165, 1.54) is 14.2 Å². The number of hydrogen-bond acceptors (Lipinski definition) is 6. The van der Waals surface area contributed by atoms with Gasteiger partial charge < -0.3 is 0 Å². The van der Waals surface area contributed by atoms with Crippen molar-refractivity contribution in [2.24, 2.45) is 0 Å². The molecule has 6 nitrogen and oxygen atoms in total. The molecule has 0 aliphatic carbocycles. The molecule has 0 bridgehead atoms. The van der Waals surface area contributed by atoms with Gasteiger partial charge in [-0.1, -0.05) is 0 Å². The van der Waals surface area contributed by atoms with Crippen molar-refractivity contribution in [2.45, 2.75) is 19.8 Å². The van der Waals surface area contributed by atoms with Crippen LogP contribution in [0.1, 0.15) is 13.3 Å². The van der Waals surface area contributed by atoms with Crippen molar-refractivity contribution in [2.75, 3.05) is 20.8 Å². The van der Waals surface area contributed by atoms with Crippen LogP contribution in [0.3, 0.4) is 0 Å². The minimum absolute atomic E-state index is 0.243. The normalized spacial score (nSPS) is 12.5. The van der Waals surface area contributed by atoms with Gasteiger partial charge in [-0.25, -0.2) is 0 Å². The van der Waals surface area contributed by atoms with Gasteiger partial charge in [0.1, 0.15) is 0 Å². The molecule has 0 spiro atoms. The van der Waals surface area contributed by atoms with Crippen molar-refractivity contribution < 1.29 is 41.6 Å². The summed E-state index contributed by atoms with van der Waals surface area (Å²) in [5.41, 5.74) is 0. The summed E-state index contributed by atoms with van der Waals surface area (Å²) >= 11 is -4.57. The molecular formula is C6H16O6Ti. The third kappa shape index (κ3) is 6.53. The van der Waals surface area contributed by atoms with Crippen LogP contribution >= 0.6 is 0 Å². The van der Waals surface area contributed by atoms with Crippen molar-refractivity contribution >= 4 is 0 Å². The van der Waals surface area contributed by atoms with E-state index in [-0.39, 0.29) is 6.61 Å². The molecule has 13 heavy (non-hydrogen) atoms. The van der Waals surface area contributed by atoms with E-state index in [9.17, 15) is 7.38 Å². The Labute approximate surface area is 82.6 Å². The second kappa shape index (κ2) is 6.86. The topological polar surface area (TPSA) is 77.4 Å². The van der Waals surface area contributed by atoms with Crippen LogP contribution in [-0.4, -0.2) is 34.7 Å². The van der Waals surface area contributed by atoms with Crippen LogP contribution in [-0.2, 0) is 34.3 Å². The van der Waals surface area contributed by atoms with Gasteiger partial charge in [-0.15, -0.1) is 0 Å². The van der Waals surface area contributed by atoms with Crippen molar-refractivity contribution in [3.8, 4) is 0 Å². The fraction of sp³-hybridized carbons (Fsp3) is 1.00. The second-order valence-corrected chi connectivity index (χ2v) is 4.81. The summed E-state index contributed by atoms with van der Waals surface area (Å²) < 4.78 is 37.1. The molecule has 0 heterocycles. The number of hydrogen-bond donors (Lipinski definition) is 2. The molecule has 0 aliphatic heterocycles. The van der Waals surface area contributed by atoms with Crippen LogP contribution in [0.25, 0.3) is 0 Å². The van der Waals surface area contributed by atoms with Crippen molar-refractivity contribution in [3.05, 3.63) is 0 Å². The molecular weight excluding hydrogens is 216 g/mol. The molecule has 2 N–H and O–H groups in total. The maximum atomic E-state index is 9.22. The van der Waals surface area contributed by atoms with Crippen LogP contribution in [0.2, 0.25) is 0 Å². The molecule has 0 amide bonds. The van der Waals surface area contributed by atoms with E-state index in [2.05, 4.69) is 12.8 Å². The Morgan fingerprint density at radius 2 is 1.77 bits per heavy atom. The van der Waals surface area contributed by atoms with Gasteiger partial charge in [-0.05, 0) is 0 Å². The van der Waals surface area contributed by atoms with Gasteiger partial charge >= 0.3 is 82.3 Å². The molecule has 0 saturated carbocycles. The van der Waals surface area contributed by atoms with Crippen LogP contribution in [0, 0.1) is 0 Å². The third-order valence-electron chi connectivity index (χ3n) is 1.13. The van der Waals surface area contributed by atoms with E-state index < -0.39 is 24.6 Å². The van der Waals surface area contributed by atoms with E-state index in [1.807, 2.05) is 6.92 Å². The molecule has 0 aromatic heterocycles. The molecule has 0 fully saturated rings. The number of ether oxygens (including phenoxy) is 2. The standard InChI is InChI=1S/C3H7O3.C3H7O.2H2O.Ti/c1-5-3(4)6-2;1-2-3-4;;;/h3H,1-2H3;2-3H2,1H3;2*1H2;/q2*-1;;;+4/p-2. The van der Waals surface area contributed by atoms with Gasteiger partial charge in [0.15, 0.2) is 0 Å². The molecule has 0 saturated heterocycles. The van der Waals surface area contributed by atoms with E-state index in [0.29, 0.717) is 6.42 Å². The van der Waals surface area contributed by atoms with Gasteiger partial charge in [0, 0.05) is 0 Å². The molecule has 0 aromatic rings. The first-order chi connectivity index (χ1) is 6.05. The Balaban J connectivity index is 3.83. The molecule has 0 radical (unpaired) electrons. The van der Waals surface area contributed by atoms with Gasteiger partial charge in [-0.3, -0.25) is 0 Å². The summed E-state index contributed by atoms with van der Waals surface area (Å²) in [6.07, 6.45) is 0.683. The summed E-state index contributed by atoms with van der Waals surface area (Å²) in [5.74, 6) is 0. The SMILES string of the molecule is CCC[O][Ti]([OH])([OH])[O]C(OC)OC. The Morgan fingerprint density at radius 1 is 1.23 bits per heavy atom. The van der Waals surface area contributed by atoms with E-state index in [4.69, 9.17) is 3.32 Å². The predicted octanol–water partition coefficient (Wildman–Crippen LogP) is -0.196. The average molecular weight is 232 g/mol. The Hall–Kier alpha value is 0.474. The first kappa shape index (κ1) is 13.5. The first-order valence-corrected chi connectivity index (χ1v) is 6.55. The second-order valence-electron chi connectivity index (χ2n) is 2.27. The Kier molecular flexibility index (Phi) is 7.11. The fourth-order valence-electron chi connectivity index (χ4n) is 0.587. The van der Waals surface area contributed by atoms with Gasteiger partial charge in [0.25, 0.3) is 0 Å². The molecule has 0 aromatic carbocycles. The summed E-state index contributed by atoms with van der Waals surface area (Å²) in [7, 11) is 2.65. The van der Waals surface area contributed by atoms with Gasteiger partial charge in [0.05, 0.1) is 0 Å². The van der Waals surface area contributed by atoms with Gasteiger partial charge in [-0.2, -0.15) is 0 Å². The van der Waals surface area contributed by atoms with E-state index in [0.717, 1.165) is 0 Å². The maximum absolute atomic E-state index is 9.22. The molecule has 0 unspecified atom stereocenters. The third-order valence-corrected chi connectivity index (χ3v) is 2.81. The average Bonchev–Trinajstić information content (AvgIpc) is 2.11. The summed E-state index contributed by atoms with van der Waals surface area (Å²) in [4.78, 5) is 0. The molecule has 0 atom stereocenters. The minimum atomic E-state index is -4.57. The Morgan fingerprint density at radius 3 is 2.15 bits per heavy atom. The van der Waals surface area contributed by atoms with Crippen LogP contribution in [0.4, 0.5) is 0 Å². The zero-order valence-corrected chi connectivity index (χ0v) is 9.58. The van der Waals surface area contributed by atoms with Crippen molar-refractivity contribution in [1.29, 1.82) is 0 Å². The van der Waals surface area contributed by atoms with Gasteiger partial charge in [0.2, 0.25) is 0 Å². The number of rotatable bonds is 7. The monoisotopic (exact) mass is 232 g/mol. The molecule has 7 heteroatoms. The Bertz CT molecular complexity index is 126. The van der Waals surface area contributed by atoms with Crippen LogP contribution in [0.5, 0.6) is 0 Å². The van der Waals surface area contributed by atoms with Crippen LogP contribution < -0.4 is 0 Å². The quantitative estimate of drug-likeness (QED) is 0.467. The number of methoxy groups -OCH3 is 2. The van der Waals surface area contributed by atoms with E-state index >= 15 is 0 Å². The van der Waals surface area contributed by atoms with Crippen LogP contribution in [0.15, 0.2) is 0 Å².